The minimum Gasteiger partial charge on any atom is -0.309 e. The normalized spacial score (nSPS) is 11.3. The van der Waals surface area contributed by atoms with E-state index in [1.165, 1.54) is 60.0 Å². The van der Waals surface area contributed by atoms with Crippen molar-refractivity contribution in [2.45, 2.75) is 0 Å². The molecule has 16 aromatic carbocycles. The van der Waals surface area contributed by atoms with Gasteiger partial charge in [-0.1, -0.05) is 309 Å². The molecule has 0 aliphatic rings. The molecule has 0 radical (unpaired) electrons. The lowest BCUT2D eigenvalue weighted by Crippen LogP contribution is -2.13. The van der Waals surface area contributed by atoms with Gasteiger partial charge < -0.3 is 9.80 Å². The van der Waals surface area contributed by atoms with E-state index in [2.05, 4.69) is 374 Å². The second-order valence-electron chi connectivity index (χ2n) is 23.1. The van der Waals surface area contributed by atoms with E-state index in [9.17, 15) is 0 Å². The first kappa shape index (κ1) is 53.6. The van der Waals surface area contributed by atoms with E-state index in [1.807, 2.05) is 0 Å². The molecule has 2 nitrogen and oxygen atoms in total. The lowest BCUT2D eigenvalue weighted by molar-refractivity contribution is 1.30. The predicted molar refractivity (Wildman–Crippen MR) is 384 cm³/mol. The van der Waals surface area contributed by atoms with Gasteiger partial charge in [0.2, 0.25) is 0 Å². The van der Waals surface area contributed by atoms with Crippen LogP contribution < -0.4 is 9.80 Å². The maximum atomic E-state index is 2.54. The Morgan fingerprint density at radius 1 is 0.156 bits per heavy atom. The second-order valence-corrected chi connectivity index (χ2v) is 23.1. The highest BCUT2D eigenvalue weighted by Gasteiger charge is 2.28. The fraction of sp³-hybridized carbons (Fsp3) is 0. The van der Waals surface area contributed by atoms with Crippen molar-refractivity contribution >= 4 is 77.2 Å². The first-order chi connectivity index (χ1) is 44.7. The van der Waals surface area contributed by atoms with E-state index >= 15 is 0 Å². The number of benzene rings is 16. The topological polar surface area (TPSA) is 6.48 Å². The van der Waals surface area contributed by atoms with Crippen LogP contribution in [0.3, 0.4) is 0 Å². The summed E-state index contributed by atoms with van der Waals surface area (Å²) in [5, 5.41) is 9.54. The van der Waals surface area contributed by atoms with Gasteiger partial charge in [0, 0.05) is 44.5 Å². The van der Waals surface area contributed by atoms with Crippen LogP contribution in [0.2, 0.25) is 0 Å². The number of hydrogen-bond acceptors (Lipinski definition) is 2. The quantitative estimate of drug-likeness (QED) is 0.106. The largest absolute Gasteiger partial charge is 0.309 e. The van der Waals surface area contributed by atoms with Crippen LogP contribution in [0.25, 0.3) is 121 Å². The van der Waals surface area contributed by atoms with E-state index in [1.54, 1.807) is 0 Å². The fourth-order valence-corrected chi connectivity index (χ4v) is 13.7. The first-order valence-electron chi connectivity index (χ1n) is 31.0. The van der Waals surface area contributed by atoms with E-state index in [0.717, 1.165) is 95.1 Å². The Morgan fingerprint density at radius 3 is 0.956 bits per heavy atom. The lowest BCUT2D eigenvalue weighted by Gasteiger charge is -2.32. The zero-order valence-corrected chi connectivity index (χ0v) is 49.5. The van der Waals surface area contributed by atoms with Crippen molar-refractivity contribution in [3.8, 4) is 77.9 Å². The van der Waals surface area contributed by atoms with Crippen molar-refractivity contribution in [2.24, 2.45) is 0 Å². The van der Waals surface area contributed by atoms with Gasteiger partial charge >= 0.3 is 0 Å². The summed E-state index contributed by atoms with van der Waals surface area (Å²) in [6.07, 6.45) is 0. The monoisotopic (exact) mass is 1140 g/mol. The molecule has 0 aliphatic carbocycles. The standard InChI is InChI=1S/C88H60N2/c1-6-27-61(28-7-1)64-51-54-72(55-52-64)90(88-82-50-23-19-46-78(82)75-43-16-20-47-79(75)85(88)66-35-14-5-15-36-66)84-56-53-70(60-83(84)65-33-12-4-13-34-65)67-37-24-40-71(57-67)86-80-48-21-17-44-76(80)77-45-18-22-49-81(77)87(86)89(73-41-25-38-68(58-73)62-29-8-2-9-30-62)74-42-26-39-69(59-74)63-31-10-3-11-32-63/h1-60H. The van der Waals surface area contributed by atoms with Gasteiger partial charge in [0.1, 0.15) is 0 Å². The Bertz CT molecular complexity index is 5190. The van der Waals surface area contributed by atoms with Crippen molar-refractivity contribution in [3.63, 3.8) is 0 Å². The molecular weight excluding hydrogens is 1080 g/mol. The van der Waals surface area contributed by atoms with Gasteiger partial charge in [-0.15, -0.1) is 0 Å². The number of rotatable bonds is 13. The summed E-state index contributed by atoms with van der Waals surface area (Å²) in [6, 6.07) is 134. The van der Waals surface area contributed by atoms with Crippen LogP contribution in [0.4, 0.5) is 34.1 Å². The molecular formula is C88H60N2. The summed E-state index contributed by atoms with van der Waals surface area (Å²) in [4.78, 5) is 5.05. The maximum Gasteiger partial charge on any atom is 0.0625 e. The molecule has 0 bridgehead atoms. The van der Waals surface area contributed by atoms with Crippen molar-refractivity contribution < 1.29 is 0 Å². The first-order valence-corrected chi connectivity index (χ1v) is 31.0. The summed E-state index contributed by atoms with van der Waals surface area (Å²) < 4.78 is 0. The van der Waals surface area contributed by atoms with Gasteiger partial charge in [-0.2, -0.15) is 0 Å². The highest BCUT2D eigenvalue weighted by Crippen LogP contribution is 2.54. The van der Waals surface area contributed by atoms with Gasteiger partial charge in [-0.25, -0.2) is 0 Å². The van der Waals surface area contributed by atoms with Crippen molar-refractivity contribution in [1.82, 2.24) is 0 Å². The second kappa shape index (κ2) is 23.4. The molecule has 0 atom stereocenters. The van der Waals surface area contributed by atoms with Crippen LogP contribution >= 0.6 is 0 Å². The summed E-state index contributed by atoms with van der Waals surface area (Å²) >= 11 is 0. The number of hydrogen-bond donors (Lipinski definition) is 0. The molecule has 0 spiro atoms. The molecule has 0 aromatic heterocycles. The van der Waals surface area contributed by atoms with Crippen molar-refractivity contribution in [1.29, 1.82) is 0 Å². The zero-order chi connectivity index (χ0) is 59.7. The average molecular weight is 1150 g/mol. The Labute approximate surface area is 525 Å². The van der Waals surface area contributed by atoms with Crippen molar-refractivity contribution in [3.05, 3.63) is 364 Å². The molecule has 0 fully saturated rings. The van der Waals surface area contributed by atoms with Crippen molar-refractivity contribution in [2.75, 3.05) is 9.80 Å². The summed E-state index contributed by atoms with van der Waals surface area (Å²) in [6.45, 7) is 0. The molecule has 2 heteroatoms. The molecule has 0 amide bonds. The Hall–Kier alpha value is -11.8. The lowest BCUT2D eigenvalue weighted by atomic mass is 9.88. The third-order valence-electron chi connectivity index (χ3n) is 17.8. The van der Waals surface area contributed by atoms with E-state index < -0.39 is 0 Å². The Kier molecular flexibility index (Phi) is 14.0. The Balaban J connectivity index is 0.937. The minimum absolute atomic E-state index is 1.06. The van der Waals surface area contributed by atoms with Gasteiger partial charge in [-0.3, -0.25) is 0 Å². The van der Waals surface area contributed by atoms with Gasteiger partial charge in [0.05, 0.1) is 17.1 Å². The number of anilines is 6. The molecule has 0 saturated heterocycles. The van der Waals surface area contributed by atoms with Crippen LogP contribution in [-0.4, -0.2) is 0 Å². The van der Waals surface area contributed by atoms with Gasteiger partial charge in [0.15, 0.2) is 0 Å². The highest BCUT2D eigenvalue weighted by atomic mass is 15.2. The summed E-state index contributed by atoms with van der Waals surface area (Å²) in [7, 11) is 0. The molecule has 16 aromatic rings. The summed E-state index contributed by atoms with van der Waals surface area (Å²) in [5.41, 5.74) is 22.5. The third kappa shape index (κ3) is 9.83. The van der Waals surface area contributed by atoms with Crippen LogP contribution in [0.1, 0.15) is 0 Å². The van der Waals surface area contributed by atoms with Gasteiger partial charge in [-0.05, 0) is 148 Å². The SMILES string of the molecule is c1ccc(-c2ccc(N(c3ccc(-c4cccc(-c5c(N(c6cccc(-c7ccccc7)c6)c6cccc(-c7ccccc7)c6)c6ccccc6c6ccccc56)c4)cc3-c3ccccc3)c3c(-c4ccccc4)c4ccccc4c4ccccc34)cc2)cc1. The van der Waals surface area contributed by atoms with Crippen LogP contribution in [0.15, 0.2) is 364 Å². The molecule has 16 rings (SSSR count). The minimum atomic E-state index is 1.06. The average Bonchev–Trinajstić information content (AvgIpc) is 0.847. The van der Waals surface area contributed by atoms with Crippen LogP contribution in [-0.2, 0) is 0 Å². The smallest absolute Gasteiger partial charge is 0.0625 e. The molecule has 422 valence electrons. The maximum absolute atomic E-state index is 2.54. The van der Waals surface area contributed by atoms with Crippen LogP contribution in [0, 0.1) is 0 Å². The fourth-order valence-electron chi connectivity index (χ4n) is 13.7. The van der Waals surface area contributed by atoms with E-state index in [0.29, 0.717) is 0 Å². The predicted octanol–water partition coefficient (Wildman–Crippen LogP) is 24.9. The van der Waals surface area contributed by atoms with E-state index in [-0.39, 0.29) is 0 Å². The molecule has 0 saturated carbocycles. The molecule has 0 N–H and O–H groups in total. The highest BCUT2D eigenvalue weighted by molar-refractivity contribution is 6.24. The molecule has 0 aliphatic heterocycles. The molecule has 0 unspecified atom stereocenters. The zero-order valence-electron chi connectivity index (χ0n) is 49.5. The van der Waals surface area contributed by atoms with Crippen LogP contribution in [0.5, 0.6) is 0 Å². The number of fused-ring (bicyclic) bond motifs is 6. The number of nitrogens with zero attached hydrogens (tertiary/aromatic N) is 2. The Morgan fingerprint density at radius 2 is 0.467 bits per heavy atom. The summed E-state index contributed by atoms with van der Waals surface area (Å²) in [5.74, 6) is 0. The molecule has 90 heavy (non-hydrogen) atoms. The van der Waals surface area contributed by atoms with Gasteiger partial charge in [0.25, 0.3) is 0 Å². The molecule has 0 heterocycles. The third-order valence-corrected chi connectivity index (χ3v) is 17.8. The van der Waals surface area contributed by atoms with E-state index in [4.69, 9.17) is 0 Å².